The summed E-state index contributed by atoms with van der Waals surface area (Å²) < 4.78 is 5.28. The van der Waals surface area contributed by atoms with Crippen LogP contribution in [0, 0.1) is 5.92 Å². The lowest BCUT2D eigenvalue weighted by molar-refractivity contribution is 0.541. The van der Waals surface area contributed by atoms with E-state index in [0.717, 1.165) is 72.2 Å². The van der Waals surface area contributed by atoms with Gasteiger partial charge >= 0.3 is 5.69 Å². The van der Waals surface area contributed by atoms with Crippen LogP contribution in [0.25, 0.3) is 33.7 Å². The van der Waals surface area contributed by atoms with Crippen molar-refractivity contribution < 1.29 is 0 Å². The van der Waals surface area contributed by atoms with Crippen LogP contribution in [0.5, 0.6) is 0 Å². The van der Waals surface area contributed by atoms with E-state index in [9.17, 15) is 9.59 Å². The van der Waals surface area contributed by atoms with Crippen molar-refractivity contribution in [3.8, 4) is 22.5 Å². The number of aromatic amines is 1. The third-order valence-corrected chi connectivity index (χ3v) is 8.92. The third-order valence-electron chi connectivity index (χ3n) is 8.92. The molecule has 10 nitrogen and oxygen atoms in total. The second-order valence-electron chi connectivity index (χ2n) is 12.3. The van der Waals surface area contributed by atoms with Crippen LogP contribution in [-0.4, -0.2) is 39.3 Å². The number of rotatable bonds is 13. The largest absolute Gasteiger partial charge is 0.332 e. The maximum atomic E-state index is 14.2. The van der Waals surface area contributed by atoms with E-state index in [2.05, 4.69) is 56.4 Å². The molecule has 3 heterocycles. The Morgan fingerprint density at radius 3 is 2.28 bits per heavy atom. The van der Waals surface area contributed by atoms with Gasteiger partial charge in [-0.25, -0.2) is 9.78 Å². The van der Waals surface area contributed by atoms with E-state index in [-0.39, 0.29) is 11.2 Å². The predicted molar refractivity (Wildman–Crippen MR) is 179 cm³/mol. The van der Waals surface area contributed by atoms with E-state index >= 15 is 0 Å². The number of nitrogens with one attached hydrogen (secondary N) is 1. The van der Waals surface area contributed by atoms with Crippen molar-refractivity contribution in [2.75, 3.05) is 0 Å². The first kappa shape index (κ1) is 29.6. The summed E-state index contributed by atoms with van der Waals surface area (Å²) in [7, 11) is 0. The van der Waals surface area contributed by atoms with Crippen LogP contribution in [0.15, 0.2) is 88.5 Å². The zero-order valence-electron chi connectivity index (χ0n) is 26.1. The molecule has 0 bridgehead atoms. The quantitative estimate of drug-likeness (QED) is 0.168. The minimum absolute atomic E-state index is 0.255. The Balaban J connectivity index is 1.29. The summed E-state index contributed by atoms with van der Waals surface area (Å²) in [5, 5.41) is 14.6. The number of aryl methyl sites for hydroxylation is 2. The number of tetrazole rings is 1. The normalized spacial score (nSPS) is 13.1. The van der Waals surface area contributed by atoms with E-state index in [1.807, 2.05) is 54.6 Å². The molecule has 46 heavy (non-hydrogen) atoms. The number of nitrogens with zero attached hydrogens (tertiary/aromatic N) is 7. The van der Waals surface area contributed by atoms with Gasteiger partial charge in [0.2, 0.25) is 5.82 Å². The molecule has 6 aromatic rings. The van der Waals surface area contributed by atoms with Gasteiger partial charge in [0.1, 0.15) is 5.82 Å². The van der Waals surface area contributed by atoms with Gasteiger partial charge in [-0.05, 0) is 59.1 Å². The smallest absolute Gasteiger partial charge is 0.318 e. The summed E-state index contributed by atoms with van der Waals surface area (Å²) in [4.78, 5) is 33.1. The molecule has 0 atom stereocenters. The lowest BCUT2D eigenvalue weighted by Gasteiger charge is -2.14. The Labute approximate surface area is 266 Å². The summed E-state index contributed by atoms with van der Waals surface area (Å²) in [6, 6.07) is 26.4. The predicted octanol–water partition coefficient (Wildman–Crippen LogP) is 5.64. The molecule has 0 aliphatic heterocycles. The number of hydrogen-bond donors (Lipinski definition) is 1. The topological polar surface area (TPSA) is 116 Å². The van der Waals surface area contributed by atoms with Crippen molar-refractivity contribution in [2.45, 2.75) is 71.5 Å². The summed E-state index contributed by atoms with van der Waals surface area (Å²) in [5.41, 5.74) is 5.61. The highest BCUT2D eigenvalue weighted by Crippen LogP contribution is 2.32. The van der Waals surface area contributed by atoms with Crippen molar-refractivity contribution in [3.63, 3.8) is 0 Å². The van der Waals surface area contributed by atoms with E-state index in [0.29, 0.717) is 49.0 Å². The van der Waals surface area contributed by atoms with Gasteiger partial charge in [0.15, 0.2) is 11.2 Å². The lowest BCUT2D eigenvalue weighted by atomic mass is 9.98. The van der Waals surface area contributed by atoms with Crippen molar-refractivity contribution in [1.82, 2.24) is 39.3 Å². The number of fused-ring (bicyclic) bond motifs is 1. The van der Waals surface area contributed by atoms with Gasteiger partial charge in [0.05, 0.1) is 0 Å². The molecule has 1 aliphatic carbocycles. The second-order valence-corrected chi connectivity index (χ2v) is 12.3. The standard InChI is InChI=1S/C36H38N8O2/c1-2-3-5-14-31-37-34-32(35(45)42(22-21-25-10-6-4-7-11-25)36(46)44(34)24-26-15-16-26)43(31)23-27-17-19-28(20-18-27)29-12-8-9-13-30(29)33-38-40-41-39-33/h4,6-13,17-20,26H,2-3,5,14-16,21-24H2,1H3,(H,38,39,40,41). The van der Waals surface area contributed by atoms with Crippen LogP contribution in [0.3, 0.4) is 0 Å². The van der Waals surface area contributed by atoms with Gasteiger partial charge in [-0.2, -0.15) is 5.21 Å². The van der Waals surface area contributed by atoms with E-state index in [1.54, 1.807) is 4.57 Å². The fourth-order valence-corrected chi connectivity index (χ4v) is 6.21. The molecule has 1 N–H and O–H groups in total. The molecule has 0 radical (unpaired) electrons. The monoisotopic (exact) mass is 614 g/mol. The molecule has 1 saturated carbocycles. The highest BCUT2D eigenvalue weighted by Gasteiger charge is 2.27. The molecule has 7 rings (SSSR count). The highest BCUT2D eigenvalue weighted by molar-refractivity contribution is 5.80. The number of aromatic nitrogens is 8. The van der Waals surface area contributed by atoms with Crippen LogP contribution in [0.4, 0.5) is 0 Å². The molecule has 3 aromatic carbocycles. The van der Waals surface area contributed by atoms with Crippen LogP contribution >= 0.6 is 0 Å². The molecule has 0 amide bonds. The van der Waals surface area contributed by atoms with Crippen molar-refractivity contribution in [2.24, 2.45) is 5.92 Å². The van der Waals surface area contributed by atoms with Gasteiger partial charge in [-0.1, -0.05) is 98.6 Å². The van der Waals surface area contributed by atoms with Crippen LogP contribution < -0.4 is 11.2 Å². The minimum Gasteiger partial charge on any atom is -0.318 e. The number of imidazole rings is 1. The number of benzene rings is 3. The molecule has 0 saturated heterocycles. The Morgan fingerprint density at radius 2 is 1.57 bits per heavy atom. The van der Waals surface area contributed by atoms with E-state index in [4.69, 9.17) is 4.98 Å². The molecule has 234 valence electrons. The SMILES string of the molecule is CCCCCc1nc2c(c(=O)n(CCc3ccccc3)c(=O)n2CC2CC2)n1Cc1ccc(-c2ccccc2-c2nn[nH]n2)cc1. The number of H-pyrrole nitrogens is 1. The molecule has 0 spiro atoms. The zero-order valence-corrected chi connectivity index (χ0v) is 26.1. The Morgan fingerprint density at radius 1 is 0.804 bits per heavy atom. The van der Waals surface area contributed by atoms with E-state index in [1.165, 1.54) is 4.57 Å². The minimum atomic E-state index is -0.261. The summed E-state index contributed by atoms with van der Waals surface area (Å²) in [6.07, 6.45) is 6.70. The Bertz CT molecular complexity index is 2050. The van der Waals surface area contributed by atoms with Gasteiger partial charge in [0.25, 0.3) is 5.56 Å². The van der Waals surface area contributed by atoms with Crippen molar-refractivity contribution >= 4 is 11.2 Å². The van der Waals surface area contributed by atoms with Gasteiger partial charge in [-0.3, -0.25) is 13.9 Å². The fraction of sp³-hybridized carbons (Fsp3) is 0.333. The molecular weight excluding hydrogens is 576 g/mol. The summed E-state index contributed by atoms with van der Waals surface area (Å²) in [6.45, 7) is 3.59. The van der Waals surface area contributed by atoms with Crippen LogP contribution in [0.1, 0.15) is 56.0 Å². The maximum absolute atomic E-state index is 14.2. The lowest BCUT2D eigenvalue weighted by Crippen LogP contribution is -2.41. The average molecular weight is 615 g/mol. The van der Waals surface area contributed by atoms with Gasteiger partial charge in [0, 0.05) is 31.6 Å². The first-order valence-corrected chi connectivity index (χ1v) is 16.3. The molecule has 3 aromatic heterocycles. The molecular formula is C36H38N8O2. The second kappa shape index (κ2) is 13.1. The zero-order chi connectivity index (χ0) is 31.5. The van der Waals surface area contributed by atoms with Crippen LogP contribution in [-0.2, 0) is 32.5 Å². The summed E-state index contributed by atoms with van der Waals surface area (Å²) in [5.74, 6) is 1.86. The highest BCUT2D eigenvalue weighted by atomic mass is 16.2. The fourth-order valence-electron chi connectivity index (χ4n) is 6.21. The maximum Gasteiger partial charge on any atom is 0.332 e. The van der Waals surface area contributed by atoms with Gasteiger partial charge in [-0.15, -0.1) is 10.2 Å². The Kier molecular flexibility index (Phi) is 8.41. The molecule has 10 heteroatoms. The van der Waals surface area contributed by atoms with Crippen molar-refractivity contribution in [3.05, 3.63) is 117 Å². The molecule has 0 unspecified atom stereocenters. The molecule has 1 fully saturated rings. The number of unbranched alkanes of at least 4 members (excludes halogenated alkanes) is 2. The average Bonchev–Trinajstić information content (AvgIpc) is 3.60. The Hall–Kier alpha value is -5.12. The summed E-state index contributed by atoms with van der Waals surface area (Å²) >= 11 is 0. The molecule has 1 aliphatic rings. The third kappa shape index (κ3) is 6.07. The first-order chi connectivity index (χ1) is 22.6. The van der Waals surface area contributed by atoms with Crippen molar-refractivity contribution in [1.29, 1.82) is 0 Å². The van der Waals surface area contributed by atoms with Gasteiger partial charge < -0.3 is 4.57 Å². The van der Waals surface area contributed by atoms with E-state index < -0.39 is 0 Å². The van der Waals surface area contributed by atoms with Crippen LogP contribution in [0.2, 0.25) is 0 Å². The first-order valence-electron chi connectivity index (χ1n) is 16.3. The number of hydrogen-bond acceptors (Lipinski definition) is 6.